The van der Waals surface area contributed by atoms with Crippen molar-refractivity contribution in [3.05, 3.63) is 109 Å². The quantitative estimate of drug-likeness (QED) is 0.357. The summed E-state index contributed by atoms with van der Waals surface area (Å²) < 4.78 is 4.43. The minimum Gasteiger partial charge on any atom is -0.287 e. The van der Waals surface area contributed by atoms with Gasteiger partial charge in [-0.05, 0) is 43.2 Å². The lowest BCUT2D eigenvalue weighted by atomic mass is 10.1. The highest BCUT2D eigenvalue weighted by Gasteiger charge is 2.20. The molecule has 3 aromatic carbocycles. The zero-order valence-corrected chi connectivity index (χ0v) is 18.6. The van der Waals surface area contributed by atoms with E-state index in [0.717, 1.165) is 26.8 Å². The lowest BCUT2D eigenvalue weighted by molar-refractivity contribution is 0.715. The molecule has 0 aliphatic heterocycles. The van der Waals surface area contributed by atoms with Gasteiger partial charge in [0.15, 0.2) is 0 Å². The standard InChI is InChI=1S/C25H19ClN2O2S/c1-15-11-12-16(2)17(13-15)14-27-22-18-7-3-6-10-21(18)31-23(22)24(29)28(25(27)30)20-9-5-4-8-19(20)26/h3-13H,14H2,1-2H3. The number of aryl methyl sites for hydroxylation is 2. The summed E-state index contributed by atoms with van der Waals surface area (Å²) in [6.45, 7) is 4.44. The van der Waals surface area contributed by atoms with Crippen LogP contribution in [0.15, 0.2) is 76.3 Å². The highest BCUT2D eigenvalue weighted by Crippen LogP contribution is 2.32. The fraction of sp³-hybridized carbons (Fsp3) is 0.120. The van der Waals surface area contributed by atoms with Crippen molar-refractivity contribution in [1.29, 1.82) is 0 Å². The number of benzene rings is 3. The molecule has 0 aliphatic carbocycles. The number of halogens is 1. The second-order valence-corrected chi connectivity index (χ2v) is 9.13. The van der Waals surface area contributed by atoms with Gasteiger partial charge in [-0.25, -0.2) is 9.36 Å². The largest absolute Gasteiger partial charge is 0.336 e. The summed E-state index contributed by atoms with van der Waals surface area (Å²) in [5.41, 5.74) is 3.61. The zero-order valence-electron chi connectivity index (χ0n) is 17.1. The number of rotatable bonds is 3. The van der Waals surface area contributed by atoms with E-state index in [2.05, 4.69) is 18.2 Å². The summed E-state index contributed by atoms with van der Waals surface area (Å²) >= 11 is 7.79. The molecule has 6 heteroatoms. The van der Waals surface area contributed by atoms with Crippen molar-refractivity contribution in [2.45, 2.75) is 20.4 Å². The van der Waals surface area contributed by atoms with Gasteiger partial charge in [0.05, 0.1) is 22.8 Å². The minimum absolute atomic E-state index is 0.341. The highest BCUT2D eigenvalue weighted by molar-refractivity contribution is 7.25. The third kappa shape index (κ3) is 3.21. The molecule has 4 nitrogen and oxygen atoms in total. The Kier molecular flexibility index (Phi) is 4.80. The summed E-state index contributed by atoms with van der Waals surface area (Å²) in [7, 11) is 0. The van der Waals surface area contributed by atoms with Gasteiger partial charge in [-0.2, -0.15) is 0 Å². The van der Waals surface area contributed by atoms with Gasteiger partial charge in [0.1, 0.15) is 4.70 Å². The molecule has 2 aromatic heterocycles. The molecule has 0 N–H and O–H groups in total. The summed E-state index contributed by atoms with van der Waals surface area (Å²) in [6.07, 6.45) is 0. The van der Waals surface area contributed by atoms with Crippen LogP contribution in [-0.2, 0) is 6.54 Å². The Hall–Kier alpha value is -3.15. The van der Waals surface area contributed by atoms with E-state index in [9.17, 15) is 9.59 Å². The SMILES string of the molecule is Cc1ccc(C)c(Cn2c(=O)n(-c3ccccc3Cl)c(=O)c3sc4ccccc4c32)c1. The molecule has 0 spiro atoms. The molecule has 0 fully saturated rings. The van der Waals surface area contributed by atoms with Crippen LogP contribution in [0.5, 0.6) is 0 Å². The maximum atomic E-state index is 13.8. The molecule has 0 bridgehead atoms. The molecular weight excluding hydrogens is 428 g/mol. The van der Waals surface area contributed by atoms with E-state index in [1.54, 1.807) is 28.8 Å². The van der Waals surface area contributed by atoms with Gasteiger partial charge >= 0.3 is 5.69 Å². The van der Waals surface area contributed by atoms with Crippen molar-refractivity contribution in [2.24, 2.45) is 0 Å². The molecule has 0 aliphatic rings. The maximum absolute atomic E-state index is 13.8. The molecular formula is C25H19ClN2O2S. The molecule has 0 saturated heterocycles. The monoisotopic (exact) mass is 446 g/mol. The molecule has 0 saturated carbocycles. The van der Waals surface area contributed by atoms with E-state index in [1.807, 2.05) is 38.1 Å². The van der Waals surface area contributed by atoms with E-state index in [4.69, 9.17) is 11.6 Å². The van der Waals surface area contributed by atoms with E-state index < -0.39 is 5.69 Å². The predicted octanol–water partition coefficient (Wildman–Crippen LogP) is 5.69. The van der Waals surface area contributed by atoms with Crippen LogP contribution in [-0.4, -0.2) is 9.13 Å². The molecule has 31 heavy (non-hydrogen) atoms. The Balaban J connectivity index is 1.92. The van der Waals surface area contributed by atoms with Gasteiger partial charge in [-0.1, -0.05) is 65.7 Å². The van der Waals surface area contributed by atoms with Crippen LogP contribution in [0.2, 0.25) is 5.02 Å². The Morgan fingerprint density at radius 3 is 2.48 bits per heavy atom. The highest BCUT2D eigenvalue weighted by atomic mass is 35.5. The van der Waals surface area contributed by atoms with Crippen LogP contribution in [0.25, 0.3) is 26.0 Å². The van der Waals surface area contributed by atoms with Gasteiger partial charge in [0.25, 0.3) is 5.56 Å². The van der Waals surface area contributed by atoms with E-state index in [1.165, 1.54) is 15.9 Å². The van der Waals surface area contributed by atoms with E-state index in [-0.39, 0.29) is 5.56 Å². The summed E-state index contributed by atoms with van der Waals surface area (Å²) in [4.78, 5) is 27.3. The second-order valence-electron chi connectivity index (χ2n) is 7.67. The number of hydrogen-bond acceptors (Lipinski definition) is 3. The normalized spacial score (nSPS) is 11.5. The minimum atomic E-state index is -0.393. The summed E-state index contributed by atoms with van der Waals surface area (Å²) in [5, 5.41) is 1.27. The van der Waals surface area contributed by atoms with Crippen molar-refractivity contribution in [3.63, 3.8) is 0 Å². The Labute approximate surface area is 187 Å². The first-order valence-electron chi connectivity index (χ1n) is 9.94. The first-order valence-corrected chi connectivity index (χ1v) is 11.1. The van der Waals surface area contributed by atoms with Crippen molar-refractivity contribution < 1.29 is 0 Å². The molecule has 5 rings (SSSR count). The van der Waals surface area contributed by atoms with Crippen LogP contribution < -0.4 is 11.2 Å². The fourth-order valence-corrected chi connectivity index (χ4v) is 5.34. The van der Waals surface area contributed by atoms with Crippen LogP contribution >= 0.6 is 22.9 Å². The van der Waals surface area contributed by atoms with Crippen molar-refractivity contribution in [3.8, 4) is 5.69 Å². The third-order valence-corrected chi connectivity index (χ3v) is 7.05. The average Bonchev–Trinajstić information content (AvgIpc) is 3.15. The topological polar surface area (TPSA) is 44.0 Å². The number of fused-ring (bicyclic) bond motifs is 3. The smallest absolute Gasteiger partial charge is 0.287 e. The second kappa shape index (κ2) is 7.52. The lowest BCUT2D eigenvalue weighted by Crippen LogP contribution is -2.39. The summed E-state index contributed by atoms with van der Waals surface area (Å²) in [6, 6.07) is 21.0. The van der Waals surface area contributed by atoms with Crippen LogP contribution in [0, 0.1) is 13.8 Å². The Bertz CT molecular complexity index is 1590. The van der Waals surface area contributed by atoms with Gasteiger partial charge in [0, 0.05) is 10.1 Å². The lowest BCUT2D eigenvalue weighted by Gasteiger charge is -2.15. The van der Waals surface area contributed by atoms with Crippen LogP contribution in [0.1, 0.15) is 16.7 Å². The maximum Gasteiger partial charge on any atom is 0.336 e. The first-order chi connectivity index (χ1) is 15.0. The number of hydrogen-bond donors (Lipinski definition) is 0. The van der Waals surface area contributed by atoms with Gasteiger partial charge in [0.2, 0.25) is 0 Å². The molecule has 5 aromatic rings. The summed E-state index contributed by atoms with van der Waals surface area (Å²) in [5.74, 6) is 0. The van der Waals surface area contributed by atoms with Crippen LogP contribution in [0.4, 0.5) is 0 Å². The Morgan fingerprint density at radius 1 is 0.935 bits per heavy atom. The van der Waals surface area contributed by atoms with Crippen molar-refractivity contribution in [1.82, 2.24) is 9.13 Å². The number of thiophene rings is 1. The fourth-order valence-electron chi connectivity index (χ4n) is 3.98. The number of para-hydroxylation sites is 1. The molecule has 0 unspecified atom stereocenters. The molecule has 154 valence electrons. The van der Waals surface area contributed by atoms with Gasteiger partial charge < -0.3 is 0 Å². The predicted molar refractivity (Wildman–Crippen MR) is 129 cm³/mol. The molecule has 0 atom stereocenters. The van der Waals surface area contributed by atoms with Crippen LogP contribution in [0.3, 0.4) is 0 Å². The Morgan fingerprint density at radius 2 is 1.68 bits per heavy atom. The number of nitrogens with zero attached hydrogens (tertiary/aromatic N) is 2. The zero-order chi connectivity index (χ0) is 21.7. The van der Waals surface area contributed by atoms with Gasteiger partial charge in [-0.15, -0.1) is 11.3 Å². The first kappa shape index (κ1) is 19.8. The average molecular weight is 447 g/mol. The number of aromatic nitrogens is 2. The van der Waals surface area contributed by atoms with Gasteiger partial charge in [-0.3, -0.25) is 9.36 Å². The van der Waals surface area contributed by atoms with E-state index >= 15 is 0 Å². The molecule has 2 heterocycles. The van der Waals surface area contributed by atoms with Crippen molar-refractivity contribution in [2.75, 3.05) is 0 Å². The van der Waals surface area contributed by atoms with E-state index in [0.29, 0.717) is 27.5 Å². The van der Waals surface area contributed by atoms with Crippen molar-refractivity contribution >= 4 is 43.2 Å². The molecule has 0 radical (unpaired) electrons. The molecule has 0 amide bonds. The third-order valence-electron chi connectivity index (χ3n) is 5.59.